The van der Waals surface area contributed by atoms with Crippen molar-refractivity contribution in [3.63, 3.8) is 0 Å². The summed E-state index contributed by atoms with van der Waals surface area (Å²) in [5.41, 5.74) is 2.17. The minimum Gasteiger partial charge on any atom is -0.497 e. The summed E-state index contributed by atoms with van der Waals surface area (Å²) in [7, 11) is 3.67. The predicted molar refractivity (Wildman–Crippen MR) is 74.3 cm³/mol. The monoisotopic (exact) mass is 262 g/mol. The lowest BCUT2D eigenvalue weighted by Crippen LogP contribution is -2.16. The van der Waals surface area contributed by atoms with E-state index in [4.69, 9.17) is 16.3 Å². The minimum absolute atomic E-state index is 0.661. The van der Waals surface area contributed by atoms with Crippen LogP contribution in [0.25, 0.3) is 0 Å². The van der Waals surface area contributed by atoms with Crippen LogP contribution in [0, 0.1) is 0 Å². The van der Waals surface area contributed by atoms with E-state index in [0.29, 0.717) is 5.02 Å². The van der Waals surface area contributed by atoms with Gasteiger partial charge in [0.05, 0.1) is 17.8 Å². The number of hydrogen-bond donors (Lipinski definition) is 0. The Kier molecular flexibility index (Phi) is 4.05. The van der Waals surface area contributed by atoms with Gasteiger partial charge in [0.25, 0.3) is 0 Å². The molecular weight excluding hydrogens is 248 g/mol. The third kappa shape index (κ3) is 2.93. The molecule has 0 fully saturated rings. The van der Waals surface area contributed by atoms with Crippen molar-refractivity contribution in [1.29, 1.82) is 0 Å². The molecule has 1 aromatic carbocycles. The van der Waals surface area contributed by atoms with Crippen LogP contribution in [0.15, 0.2) is 42.7 Å². The van der Waals surface area contributed by atoms with Crippen molar-refractivity contribution in [2.45, 2.75) is 6.54 Å². The number of nitrogens with zero attached hydrogens (tertiary/aromatic N) is 2. The van der Waals surface area contributed by atoms with Crippen LogP contribution in [-0.2, 0) is 6.54 Å². The van der Waals surface area contributed by atoms with Gasteiger partial charge in [-0.15, -0.1) is 0 Å². The van der Waals surface area contributed by atoms with Gasteiger partial charge in [0.2, 0.25) is 0 Å². The first-order chi connectivity index (χ1) is 8.70. The zero-order valence-electron chi connectivity index (χ0n) is 10.4. The number of ether oxygens (including phenoxy) is 1. The Labute approximate surface area is 112 Å². The van der Waals surface area contributed by atoms with E-state index in [2.05, 4.69) is 9.88 Å². The van der Waals surface area contributed by atoms with Gasteiger partial charge >= 0.3 is 0 Å². The number of benzene rings is 1. The van der Waals surface area contributed by atoms with Crippen molar-refractivity contribution < 1.29 is 4.74 Å². The van der Waals surface area contributed by atoms with Gasteiger partial charge in [-0.3, -0.25) is 4.98 Å². The highest BCUT2D eigenvalue weighted by Crippen LogP contribution is 2.24. The summed E-state index contributed by atoms with van der Waals surface area (Å²) < 4.78 is 5.13. The molecule has 0 atom stereocenters. The van der Waals surface area contributed by atoms with Crippen molar-refractivity contribution in [3.05, 3.63) is 53.3 Å². The molecule has 0 radical (unpaired) electrons. The van der Waals surface area contributed by atoms with Gasteiger partial charge in [0, 0.05) is 26.0 Å². The highest BCUT2D eigenvalue weighted by atomic mass is 35.5. The molecule has 4 heteroatoms. The summed E-state index contributed by atoms with van der Waals surface area (Å²) >= 11 is 6.11. The number of pyridine rings is 1. The molecule has 0 aliphatic heterocycles. The molecular formula is C14H15ClN2O. The lowest BCUT2D eigenvalue weighted by atomic mass is 10.2. The maximum Gasteiger partial charge on any atom is 0.118 e. The molecule has 0 N–H and O–H groups in total. The van der Waals surface area contributed by atoms with Crippen molar-refractivity contribution in [2.75, 3.05) is 19.1 Å². The molecule has 94 valence electrons. The summed E-state index contributed by atoms with van der Waals surface area (Å²) in [6.45, 7) is 0.785. The summed E-state index contributed by atoms with van der Waals surface area (Å²) in [6, 6.07) is 9.91. The molecule has 1 aromatic heterocycles. The Bertz CT molecular complexity index is 513. The normalized spacial score (nSPS) is 10.2. The second kappa shape index (κ2) is 5.74. The molecule has 0 saturated carbocycles. The molecule has 2 aromatic rings. The van der Waals surface area contributed by atoms with Gasteiger partial charge in [-0.05, 0) is 23.8 Å². The molecule has 2 rings (SSSR count). The van der Waals surface area contributed by atoms with Crippen LogP contribution >= 0.6 is 11.6 Å². The van der Waals surface area contributed by atoms with E-state index >= 15 is 0 Å². The maximum atomic E-state index is 6.11. The lowest BCUT2D eigenvalue weighted by molar-refractivity contribution is 0.414. The number of halogens is 1. The summed E-state index contributed by atoms with van der Waals surface area (Å²) in [5.74, 6) is 0.864. The van der Waals surface area contributed by atoms with Gasteiger partial charge in [-0.2, -0.15) is 0 Å². The van der Waals surface area contributed by atoms with E-state index in [1.54, 1.807) is 19.5 Å². The Hall–Kier alpha value is -1.74. The molecule has 0 unspecified atom stereocenters. The van der Waals surface area contributed by atoms with Gasteiger partial charge < -0.3 is 9.64 Å². The van der Waals surface area contributed by atoms with Crippen LogP contribution in [0.4, 0.5) is 5.69 Å². The van der Waals surface area contributed by atoms with Crippen LogP contribution in [0.1, 0.15) is 5.56 Å². The third-order valence-electron chi connectivity index (χ3n) is 2.74. The van der Waals surface area contributed by atoms with Gasteiger partial charge in [-0.1, -0.05) is 23.7 Å². The minimum atomic E-state index is 0.661. The fraction of sp³-hybridized carbons (Fsp3) is 0.214. The maximum absolute atomic E-state index is 6.11. The van der Waals surface area contributed by atoms with E-state index in [9.17, 15) is 0 Å². The number of anilines is 1. The lowest BCUT2D eigenvalue weighted by Gasteiger charge is -2.20. The standard InChI is InChI=1S/C14H15ClN2O/c1-17(14-7-8-16-9-13(14)15)10-11-3-5-12(18-2)6-4-11/h3-9H,10H2,1-2H3. The second-order valence-corrected chi connectivity index (χ2v) is 4.44. The van der Waals surface area contributed by atoms with Crippen molar-refractivity contribution in [3.8, 4) is 5.75 Å². The van der Waals surface area contributed by atoms with Crippen LogP contribution in [0.5, 0.6) is 5.75 Å². The largest absolute Gasteiger partial charge is 0.497 e. The zero-order valence-corrected chi connectivity index (χ0v) is 11.2. The van der Waals surface area contributed by atoms with Crippen molar-refractivity contribution in [1.82, 2.24) is 4.98 Å². The molecule has 3 nitrogen and oxygen atoms in total. The van der Waals surface area contributed by atoms with Crippen LogP contribution in [-0.4, -0.2) is 19.1 Å². The van der Waals surface area contributed by atoms with E-state index in [-0.39, 0.29) is 0 Å². The van der Waals surface area contributed by atoms with E-state index in [1.807, 2.05) is 37.4 Å². The molecule has 0 aliphatic rings. The highest BCUT2D eigenvalue weighted by molar-refractivity contribution is 6.33. The molecule has 0 saturated heterocycles. The average Bonchev–Trinajstić information content (AvgIpc) is 2.40. The molecule has 0 aliphatic carbocycles. The summed E-state index contributed by atoms with van der Waals surface area (Å²) in [5, 5.41) is 0.661. The SMILES string of the molecule is COc1ccc(CN(C)c2ccncc2Cl)cc1. The Morgan fingerprint density at radius 2 is 1.94 bits per heavy atom. The molecule has 0 amide bonds. The smallest absolute Gasteiger partial charge is 0.118 e. The first-order valence-electron chi connectivity index (χ1n) is 5.64. The Morgan fingerprint density at radius 1 is 1.22 bits per heavy atom. The first kappa shape index (κ1) is 12.7. The zero-order chi connectivity index (χ0) is 13.0. The van der Waals surface area contributed by atoms with Gasteiger partial charge in [-0.25, -0.2) is 0 Å². The Morgan fingerprint density at radius 3 is 2.56 bits per heavy atom. The third-order valence-corrected chi connectivity index (χ3v) is 3.03. The van der Waals surface area contributed by atoms with E-state index in [0.717, 1.165) is 18.0 Å². The first-order valence-corrected chi connectivity index (χ1v) is 6.02. The van der Waals surface area contributed by atoms with Crippen LogP contribution in [0.3, 0.4) is 0 Å². The molecule has 1 heterocycles. The van der Waals surface area contributed by atoms with E-state index < -0.39 is 0 Å². The number of methoxy groups -OCH3 is 1. The summed E-state index contributed by atoms with van der Waals surface area (Å²) in [4.78, 5) is 6.07. The highest BCUT2D eigenvalue weighted by Gasteiger charge is 2.06. The Balaban J connectivity index is 2.11. The second-order valence-electron chi connectivity index (χ2n) is 4.03. The van der Waals surface area contributed by atoms with Crippen molar-refractivity contribution >= 4 is 17.3 Å². The number of aromatic nitrogens is 1. The van der Waals surface area contributed by atoms with Gasteiger partial charge in [0.1, 0.15) is 5.75 Å². The van der Waals surface area contributed by atoms with Gasteiger partial charge in [0.15, 0.2) is 0 Å². The van der Waals surface area contributed by atoms with E-state index in [1.165, 1.54) is 5.56 Å². The predicted octanol–water partition coefficient (Wildman–Crippen LogP) is 3.38. The van der Waals surface area contributed by atoms with Crippen molar-refractivity contribution in [2.24, 2.45) is 0 Å². The molecule has 0 spiro atoms. The quantitative estimate of drug-likeness (QED) is 0.845. The van der Waals surface area contributed by atoms with Crippen LogP contribution < -0.4 is 9.64 Å². The molecule has 18 heavy (non-hydrogen) atoms. The number of rotatable bonds is 4. The number of hydrogen-bond acceptors (Lipinski definition) is 3. The summed E-state index contributed by atoms with van der Waals surface area (Å²) in [6.07, 6.45) is 3.40. The fourth-order valence-corrected chi connectivity index (χ4v) is 2.03. The topological polar surface area (TPSA) is 25.4 Å². The van der Waals surface area contributed by atoms with Crippen LogP contribution in [0.2, 0.25) is 5.02 Å². The average molecular weight is 263 g/mol. The molecule has 0 bridgehead atoms. The fourth-order valence-electron chi connectivity index (χ4n) is 1.77.